The highest BCUT2D eigenvalue weighted by Crippen LogP contribution is 2.18. The zero-order chi connectivity index (χ0) is 18.4. The second kappa shape index (κ2) is 8.48. The minimum Gasteiger partial charge on any atom is -0.494 e. The van der Waals surface area contributed by atoms with E-state index in [4.69, 9.17) is 21.1 Å². The minimum absolute atomic E-state index is 0.194. The van der Waals surface area contributed by atoms with Crippen LogP contribution in [0.3, 0.4) is 0 Å². The quantitative estimate of drug-likeness (QED) is 0.784. The average molecular weight is 366 g/mol. The number of benzene rings is 2. The van der Waals surface area contributed by atoms with Gasteiger partial charge in [0.25, 0.3) is 5.91 Å². The lowest BCUT2D eigenvalue weighted by Gasteiger charge is -2.14. The lowest BCUT2D eigenvalue weighted by molar-refractivity contribution is -0.123. The second-order valence-electron chi connectivity index (χ2n) is 5.12. The van der Waals surface area contributed by atoms with E-state index in [1.54, 1.807) is 24.3 Å². The van der Waals surface area contributed by atoms with E-state index in [9.17, 15) is 14.0 Å². The molecular weight excluding hydrogens is 349 g/mol. The molecule has 0 aliphatic carbocycles. The number of rotatable bonds is 6. The third-order valence-electron chi connectivity index (χ3n) is 3.23. The molecule has 0 aliphatic rings. The molecule has 0 saturated carbocycles. The Kier molecular flexibility index (Phi) is 6.36. The van der Waals surface area contributed by atoms with Gasteiger partial charge in [0, 0.05) is 10.7 Å². The van der Waals surface area contributed by atoms with Gasteiger partial charge in [-0.3, -0.25) is 4.79 Å². The number of hydrogen-bond donors (Lipinski definition) is 1. The van der Waals surface area contributed by atoms with Crippen molar-refractivity contribution in [3.63, 3.8) is 0 Å². The van der Waals surface area contributed by atoms with Gasteiger partial charge in [0.05, 0.1) is 12.2 Å². The number of esters is 1. The van der Waals surface area contributed by atoms with Crippen molar-refractivity contribution in [2.24, 2.45) is 0 Å². The molecule has 1 amide bonds. The van der Waals surface area contributed by atoms with E-state index < -0.39 is 23.8 Å². The monoisotopic (exact) mass is 365 g/mol. The zero-order valence-corrected chi connectivity index (χ0v) is 14.5. The summed E-state index contributed by atoms with van der Waals surface area (Å²) in [5.74, 6) is -1.60. The van der Waals surface area contributed by atoms with Crippen molar-refractivity contribution in [3.05, 3.63) is 58.9 Å². The van der Waals surface area contributed by atoms with Crippen molar-refractivity contribution in [1.29, 1.82) is 0 Å². The van der Waals surface area contributed by atoms with Crippen LogP contribution in [-0.2, 0) is 9.53 Å². The normalized spacial score (nSPS) is 11.5. The molecule has 25 heavy (non-hydrogen) atoms. The standard InChI is InChI=1S/C18H17ClFNO4/c1-3-24-14-7-5-13(6-8-14)21-17(22)11(2)25-18(23)15-10-12(19)4-9-16(15)20/h4-11H,3H2,1-2H3,(H,21,22)/t11-/m1/s1. The van der Waals surface area contributed by atoms with Gasteiger partial charge in [0.15, 0.2) is 6.10 Å². The predicted molar refractivity (Wildman–Crippen MR) is 92.5 cm³/mol. The van der Waals surface area contributed by atoms with Crippen LogP contribution in [0.25, 0.3) is 0 Å². The summed E-state index contributed by atoms with van der Waals surface area (Å²) < 4.78 is 23.9. The van der Waals surface area contributed by atoms with Gasteiger partial charge < -0.3 is 14.8 Å². The first-order chi connectivity index (χ1) is 11.9. The van der Waals surface area contributed by atoms with E-state index in [-0.39, 0.29) is 10.6 Å². The summed E-state index contributed by atoms with van der Waals surface area (Å²) in [5.41, 5.74) is 0.193. The van der Waals surface area contributed by atoms with Gasteiger partial charge in [-0.2, -0.15) is 0 Å². The molecule has 0 aromatic heterocycles. The summed E-state index contributed by atoms with van der Waals surface area (Å²) in [6.07, 6.45) is -1.11. The summed E-state index contributed by atoms with van der Waals surface area (Å²) in [4.78, 5) is 24.1. The largest absolute Gasteiger partial charge is 0.494 e. The molecule has 132 valence electrons. The third kappa shape index (κ3) is 5.19. The third-order valence-corrected chi connectivity index (χ3v) is 3.47. The highest BCUT2D eigenvalue weighted by molar-refractivity contribution is 6.30. The molecule has 7 heteroatoms. The van der Waals surface area contributed by atoms with Crippen LogP contribution in [0.4, 0.5) is 10.1 Å². The number of nitrogens with one attached hydrogen (secondary N) is 1. The first kappa shape index (κ1) is 18.7. The Morgan fingerprint density at radius 1 is 1.20 bits per heavy atom. The summed E-state index contributed by atoms with van der Waals surface area (Å²) in [5, 5.41) is 2.80. The molecule has 0 aliphatic heterocycles. The topological polar surface area (TPSA) is 64.6 Å². The molecule has 0 saturated heterocycles. The number of carbonyl (C=O) groups excluding carboxylic acids is 2. The molecule has 1 N–H and O–H groups in total. The maximum absolute atomic E-state index is 13.6. The number of halogens is 2. The number of anilines is 1. The van der Waals surface area contributed by atoms with Crippen LogP contribution in [-0.4, -0.2) is 24.6 Å². The molecule has 0 radical (unpaired) electrons. The first-order valence-corrected chi connectivity index (χ1v) is 7.98. The van der Waals surface area contributed by atoms with Crippen LogP contribution in [0.5, 0.6) is 5.75 Å². The molecule has 2 aromatic rings. The van der Waals surface area contributed by atoms with Crippen molar-refractivity contribution >= 4 is 29.2 Å². The minimum atomic E-state index is -1.11. The van der Waals surface area contributed by atoms with Gasteiger partial charge in [-0.15, -0.1) is 0 Å². The van der Waals surface area contributed by atoms with Crippen molar-refractivity contribution < 1.29 is 23.5 Å². The molecule has 0 heterocycles. The van der Waals surface area contributed by atoms with Crippen molar-refractivity contribution in [2.45, 2.75) is 20.0 Å². The first-order valence-electron chi connectivity index (χ1n) is 7.60. The molecule has 2 aromatic carbocycles. The van der Waals surface area contributed by atoms with Gasteiger partial charge >= 0.3 is 5.97 Å². The van der Waals surface area contributed by atoms with E-state index in [2.05, 4.69) is 5.32 Å². The molecule has 0 bridgehead atoms. The van der Waals surface area contributed by atoms with E-state index in [1.807, 2.05) is 6.92 Å². The SMILES string of the molecule is CCOc1ccc(NC(=O)[C@@H](C)OC(=O)c2cc(Cl)ccc2F)cc1. The summed E-state index contributed by atoms with van der Waals surface area (Å²) in [6, 6.07) is 10.3. The molecular formula is C18H17ClFNO4. The number of amides is 1. The molecule has 0 unspecified atom stereocenters. The van der Waals surface area contributed by atoms with Crippen molar-refractivity contribution in [3.8, 4) is 5.75 Å². The Labute approximate surface area is 149 Å². The fraction of sp³-hybridized carbons (Fsp3) is 0.222. The molecule has 1 atom stereocenters. The molecule has 0 fully saturated rings. The van der Waals surface area contributed by atoms with Crippen LogP contribution < -0.4 is 10.1 Å². The highest BCUT2D eigenvalue weighted by Gasteiger charge is 2.21. The Bertz CT molecular complexity index is 764. The number of hydrogen-bond acceptors (Lipinski definition) is 4. The fourth-order valence-electron chi connectivity index (χ4n) is 1.98. The van der Waals surface area contributed by atoms with E-state index >= 15 is 0 Å². The van der Waals surface area contributed by atoms with Crippen molar-refractivity contribution in [1.82, 2.24) is 0 Å². The van der Waals surface area contributed by atoms with Gasteiger partial charge in [0.2, 0.25) is 0 Å². The van der Waals surface area contributed by atoms with Crippen molar-refractivity contribution in [2.75, 3.05) is 11.9 Å². The predicted octanol–water partition coefficient (Wildman–Crippen LogP) is 4.06. The molecule has 5 nitrogen and oxygen atoms in total. The Morgan fingerprint density at radius 2 is 1.88 bits per heavy atom. The lowest BCUT2D eigenvalue weighted by Crippen LogP contribution is -2.30. The molecule has 0 spiro atoms. The van der Waals surface area contributed by atoms with Gasteiger partial charge in [-0.1, -0.05) is 11.6 Å². The molecule has 2 rings (SSSR count). The number of carbonyl (C=O) groups is 2. The Morgan fingerprint density at radius 3 is 2.52 bits per heavy atom. The zero-order valence-electron chi connectivity index (χ0n) is 13.7. The summed E-state index contributed by atoms with van der Waals surface area (Å²) in [7, 11) is 0. The van der Waals surface area contributed by atoms with Crippen LogP contribution in [0.15, 0.2) is 42.5 Å². The smallest absolute Gasteiger partial charge is 0.341 e. The fourth-order valence-corrected chi connectivity index (χ4v) is 2.15. The van der Waals surface area contributed by atoms with Gasteiger partial charge in [-0.25, -0.2) is 9.18 Å². The van der Waals surface area contributed by atoms with Crippen LogP contribution in [0, 0.1) is 5.82 Å². The Balaban J connectivity index is 1.97. The Hall–Kier alpha value is -2.60. The maximum Gasteiger partial charge on any atom is 0.341 e. The van der Waals surface area contributed by atoms with E-state index in [0.717, 1.165) is 12.1 Å². The summed E-state index contributed by atoms with van der Waals surface area (Å²) in [6.45, 7) is 3.80. The van der Waals surface area contributed by atoms with Crippen LogP contribution >= 0.6 is 11.6 Å². The number of ether oxygens (including phenoxy) is 2. The van der Waals surface area contributed by atoms with E-state index in [1.165, 1.54) is 13.0 Å². The average Bonchev–Trinajstić information content (AvgIpc) is 2.58. The van der Waals surface area contributed by atoms with E-state index in [0.29, 0.717) is 18.0 Å². The highest BCUT2D eigenvalue weighted by atomic mass is 35.5. The lowest BCUT2D eigenvalue weighted by atomic mass is 10.2. The summed E-state index contributed by atoms with van der Waals surface area (Å²) >= 11 is 5.74. The van der Waals surface area contributed by atoms with Gasteiger partial charge in [0.1, 0.15) is 11.6 Å². The maximum atomic E-state index is 13.6. The van der Waals surface area contributed by atoms with Gasteiger partial charge in [-0.05, 0) is 56.3 Å². The van der Waals surface area contributed by atoms with Crippen LogP contribution in [0.1, 0.15) is 24.2 Å². The van der Waals surface area contributed by atoms with Crippen LogP contribution in [0.2, 0.25) is 5.02 Å². The second-order valence-corrected chi connectivity index (χ2v) is 5.55.